The topological polar surface area (TPSA) is 60.3 Å². The van der Waals surface area contributed by atoms with Crippen molar-refractivity contribution in [1.82, 2.24) is 14.8 Å². The van der Waals surface area contributed by atoms with Gasteiger partial charge in [-0.15, -0.1) is 10.2 Å². The number of aromatic nitrogens is 3. The van der Waals surface area contributed by atoms with Crippen molar-refractivity contribution in [2.45, 2.75) is 37.3 Å². The van der Waals surface area contributed by atoms with E-state index in [0.29, 0.717) is 17.5 Å². The van der Waals surface area contributed by atoms with E-state index in [1.165, 1.54) is 17.3 Å². The molecule has 0 aliphatic carbocycles. The van der Waals surface area contributed by atoms with Gasteiger partial charge in [0, 0.05) is 17.9 Å². The molecule has 0 fully saturated rings. The highest BCUT2D eigenvalue weighted by Crippen LogP contribution is 2.32. The van der Waals surface area contributed by atoms with Crippen LogP contribution in [0.2, 0.25) is 0 Å². The molecule has 0 spiro atoms. The number of thioether (sulfide) groups is 1. The van der Waals surface area contributed by atoms with E-state index in [2.05, 4.69) is 16.3 Å². The first kappa shape index (κ1) is 22.2. The molecular formula is C27H26N4O2S. The fourth-order valence-corrected chi connectivity index (χ4v) is 5.11. The number of ether oxygens (including phenoxy) is 1. The zero-order valence-electron chi connectivity index (χ0n) is 19.2. The molecule has 1 aromatic heterocycles. The Morgan fingerprint density at radius 2 is 1.74 bits per heavy atom. The zero-order valence-corrected chi connectivity index (χ0v) is 20.0. The van der Waals surface area contributed by atoms with Gasteiger partial charge in [-0.2, -0.15) is 0 Å². The Bertz CT molecular complexity index is 1310. The van der Waals surface area contributed by atoms with Gasteiger partial charge < -0.3 is 9.64 Å². The molecule has 5 rings (SSSR count). The molecule has 0 N–H and O–H groups in total. The molecule has 7 heteroatoms. The third kappa shape index (κ3) is 4.43. The highest BCUT2D eigenvalue weighted by molar-refractivity contribution is 8.00. The predicted molar refractivity (Wildman–Crippen MR) is 135 cm³/mol. The van der Waals surface area contributed by atoms with Gasteiger partial charge >= 0.3 is 0 Å². The first-order valence-electron chi connectivity index (χ1n) is 11.4. The Balaban J connectivity index is 1.39. The normalized spacial score (nSPS) is 13.5. The maximum absolute atomic E-state index is 13.3. The van der Waals surface area contributed by atoms with Crippen LogP contribution in [0.25, 0.3) is 5.69 Å². The molecule has 1 amide bonds. The molecule has 3 aromatic carbocycles. The minimum atomic E-state index is -0.317. The van der Waals surface area contributed by atoms with E-state index < -0.39 is 0 Å². The molecule has 0 saturated heterocycles. The molecule has 4 aromatic rings. The number of anilines is 1. The molecule has 0 bridgehead atoms. The number of carbonyl (C=O) groups excluding carboxylic acids is 1. The van der Waals surface area contributed by atoms with Crippen LogP contribution < -0.4 is 9.64 Å². The summed E-state index contributed by atoms with van der Waals surface area (Å²) in [7, 11) is 0. The third-order valence-electron chi connectivity index (χ3n) is 5.95. The second kappa shape index (κ2) is 9.73. The highest BCUT2D eigenvalue weighted by Gasteiger charge is 2.30. The monoisotopic (exact) mass is 470 g/mol. The summed E-state index contributed by atoms with van der Waals surface area (Å²) in [6.45, 7) is 4.93. The van der Waals surface area contributed by atoms with Crippen molar-refractivity contribution in [3.63, 3.8) is 0 Å². The molecule has 0 radical (unpaired) electrons. The third-order valence-corrected chi connectivity index (χ3v) is 6.98. The average molecular weight is 471 g/mol. The quantitative estimate of drug-likeness (QED) is 0.347. The van der Waals surface area contributed by atoms with Crippen molar-refractivity contribution in [3.8, 4) is 11.4 Å². The molecule has 1 unspecified atom stereocenters. The fraction of sp³-hybridized carbons (Fsp3) is 0.222. The largest absolute Gasteiger partial charge is 0.485 e. The lowest BCUT2D eigenvalue weighted by molar-refractivity contribution is -0.117. The highest BCUT2D eigenvalue weighted by atomic mass is 32.2. The van der Waals surface area contributed by atoms with Crippen molar-refractivity contribution in [1.29, 1.82) is 0 Å². The van der Waals surface area contributed by atoms with Gasteiger partial charge in [0.25, 0.3) is 0 Å². The van der Waals surface area contributed by atoms with Gasteiger partial charge in [-0.05, 0) is 55.7 Å². The van der Waals surface area contributed by atoms with Gasteiger partial charge in [-0.1, -0.05) is 66.4 Å². The number of benzene rings is 3. The summed E-state index contributed by atoms with van der Waals surface area (Å²) in [6, 6.07) is 26.0. The number of aryl methyl sites for hydroxylation is 1. The Morgan fingerprint density at radius 3 is 2.56 bits per heavy atom. The number of hydrogen-bond donors (Lipinski definition) is 0. The predicted octanol–water partition coefficient (Wildman–Crippen LogP) is 5.22. The molecule has 172 valence electrons. The summed E-state index contributed by atoms with van der Waals surface area (Å²) in [6.07, 6.45) is 0.889. The van der Waals surface area contributed by atoms with Crippen LogP contribution in [-0.4, -0.2) is 32.5 Å². The van der Waals surface area contributed by atoms with Gasteiger partial charge in [0.1, 0.15) is 12.4 Å². The summed E-state index contributed by atoms with van der Waals surface area (Å²) in [4.78, 5) is 15.2. The van der Waals surface area contributed by atoms with Crippen molar-refractivity contribution in [2.75, 3.05) is 11.4 Å². The van der Waals surface area contributed by atoms with Crippen LogP contribution in [-0.2, 0) is 17.8 Å². The molecule has 6 nitrogen and oxygen atoms in total. The minimum Gasteiger partial charge on any atom is -0.485 e. The van der Waals surface area contributed by atoms with Gasteiger partial charge in [0.2, 0.25) is 5.91 Å². The second-order valence-corrected chi connectivity index (χ2v) is 9.56. The van der Waals surface area contributed by atoms with E-state index in [9.17, 15) is 4.79 Å². The van der Waals surface area contributed by atoms with Crippen LogP contribution in [0.4, 0.5) is 5.69 Å². The van der Waals surface area contributed by atoms with E-state index in [1.807, 2.05) is 96.1 Å². The fourth-order valence-electron chi connectivity index (χ4n) is 4.16. The van der Waals surface area contributed by atoms with Crippen molar-refractivity contribution in [2.24, 2.45) is 0 Å². The first-order valence-corrected chi connectivity index (χ1v) is 12.2. The van der Waals surface area contributed by atoms with E-state index in [4.69, 9.17) is 4.74 Å². The smallest absolute Gasteiger partial charge is 0.240 e. The summed E-state index contributed by atoms with van der Waals surface area (Å²) in [5.41, 5.74) is 4.23. The first-order chi connectivity index (χ1) is 16.6. The maximum Gasteiger partial charge on any atom is 0.240 e. The Morgan fingerprint density at radius 1 is 1.00 bits per heavy atom. The Kier molecular flexibility index (Phi) is 6.36. The van der Waals surface area contributed by atoms with Crippen LogP contribution in [0.5, 0.6) is 5.75 Å². The van der Waals surface area contributed by atoms with E-state index in [-0.39, 0.29) is 17.8 Å². The Hall–Kier alpha value is -3.58. The van der Waals surface area contributed by atoms with Crippen LogP contribution in [0.3, 0.4) is 0 Å². The Labute approximate surface area is 203 Å². The molecule has 1 aliphatic rings. The van der Waals surface area contributed by atoms with Crippen LogP contribution >= 0.6 is 11.8 Å². The summed E-state index contributed by atoms with van der Waals surface area (Å²) in [5, 5.41) is 9.22. The number of fused-ring (bicyclic) bond motifs is 1. The zero-order chi connectivity index (χ0) is 23.5. The summed E-state index contributed by atoms with van der Waals surface area (Å²) in [5.74, 6) is 1.58. The number of carbonyl (C=O) groups is 1. The summed E-state index contributed by atoms with van der Waals surface area (Å²) >= 11 is 1.42. The van der Waals surface area contributed by atoms with Crippen molar-refractivity contribution in [3.05, 3.63) is 95.8 Å². The summed E-state index contributed by atoms with van der Waals surface area (Å²) < 4.78 is 8.04. The van der Waals surface area contributed by atoms with Gasteiger partial charge in [-0.25, -0.2) is 0 Å². The maximum atomic E-state index is 13.3. The average Bonchev–Trinajstić information content (AvgIpc) is 3.48. The number of para-hydroxylation sites is 3. The minimum absolute atomic E-state index is 0.0790. The van der Waals surface area contributed by atoms with E-state index >= 15 is 0 Å². The molecule has 1 atom stereocenters. The van der Waals surface area contributed by atoms with Gasteiger partial charge in [0.05, 0.1) is 5.25 Å². The van der Waals surface area contributed by atoms with Gasteiger partial charge in [0.15, 0.2) is 11.0 Å². The van der Waals surface area contributed by atoms with Gasteiger partial charge in [-0.3, -0.25) is 9.36 Å². The van der Waals surface area contributed by atoms with Crippen molar-refractivity contribution < 1.29 is 9.53 Å². The van der Waals surface area contributed by atoms with E-state index in [0.717, 1.165) is 29.1 Å². The van der Waals surface area contributed by atoms with Crippen LogP contribution in [0, 0.1) is 6.92 Å². The number of rotatable bonds is 7. The number of hydrogen-bond acceptors (Lipinski definition) is 5. The molecular weight excluding hydrogens is 444 g/mol. The molecule has 2 heterocycles. The second-order valence-electron chi connectivity index (χ2n) is 8.25. The lowest BCUT2D eigenvalue weighted by atomic mass is 10.2. The van der Waals surface area contributed by atoms with E-state index in [1.54, 1.807) is 0 Å². The lowest BCUT2D eigenvalue weighted by Gasteiger charge is -2.21. The molecule has 34 heavy (non-hydrogen) atoms. The van der Waals surface area contributed by atoms with Crippen LogP contribution in [0.15, 0.2) is 84.0 Å². The molecule has 1 aliphatic heterocycles. The number of amides is 1. The lowest BCUT2D eigenvalue weighted by Crippen LogP contribution is -2.35. The standard InChI is InChI=1S/C27H26N4O2S/c1-19-10-6-9-15-24(19)33-18-25-28-29-27(31(25)22-12-4-3-5-13-22)34-20(2)26(32)30-17-16-21-11-7-8-14-23(21)30/h3-15,20H,16-18H2,1-2H3. The number of nitrogens with zero attached hydrogens (tertiary/aromatic N) is 4. The SMILES string of the molecule is Cc1ccccc1OCc1nnc(SC(C)C(=O)N2CCc3ccccc32)n1-c1ccccc1. The molecule has 0 saturated carbocycles. The van der Waals surface area contributed by atoms with Crippen LogP contribution in [0.1, 0.15) is 23.9 Å². The van der Waals surface area contributed by atoms with Crippen molar-refractivity contribution >= 4 is 23.4 Å².